The van der Waals surface area contributed by atoms with E-state index < -0.39 is 0 Å². The smallest absolute Gasteiger partial charge is 0.314 e. The zero-order chi connectivity index (χ0) is 20.7. The van der Waals surface area contributed by atoms with Crippen molar-refractivity contribution in [1.82, 2.24) is 15.5 Å². The van der Waals surface area contributed by atoms with Crippen LogP contribution in [0.25, 0.3) is 0 Å². The van der Waals surface area contributed by atoms with Crippen LogP contribution in [0, 0.1) is 0 Å². The first-order chi connectivity index (χ1) is 14.1. The first kappa shape index (κ1) is 24.6. The van der Waals surface area contributed by atoms with Crippen LogP contribution in [0.5, 0.6) is 5.75 Å². The van der Waals surface area contributed by atoms with Crippen LogP contribution in [0.3, 0.4) is 0 Å². The summed E-state index contributed by atoms with van der Waals surface area (Å²) in [5.74, 6) is 1.77. The molecule has 3 rings (SSSR count). The second kappa shape index (κ2) is 11.6. The SMILES string of the molecule is CCNC(=NCC1(c2cccc(OC)c2)CCCC1)NC1CCN(C(N)=O)CC1.I. The summed E-state index contributed by atoms with van der Waals surface area (Å²) in [5, 5.41) is 6.95. The predicted molar refractivity (Wildman–Crippen MR) is 132 cm³/mol. The Kier molecular flexibility index (Phi) is 9.51. The van der Waals surface area contributed by atoms with Crippen LogP contribution in [0.2, 0.25) is 0 Å². The maximum atomic E-state index is 11.3. The monoisotopic (exact) mass is 529 g/mol. The van der Waals surface area contributed by atoms with Gasteiger partial charge in [0.05, 0.1) is 13.7 Å². The van der Waals surface area contributed by atoms with Crippen LogP contribution in [-0.2, 0) is 5.41 Å². The molecule has 0 radical (unpaired) electrons. The number of aliphatic imine (C=N–C) groups is 1. The summed E-state index contributed by atoms with van der Waals surface area (Å²) in [6.07, 6.45) is 6.55. The fourth-order valence-electron chi connectivity index (χ4n) is 4.53. The Morgan fingerprint density at radius 2 is 2.00 bits per heavy atom. The summed E-state index contributed by atoms with van der Waals surface area (Å²) in [6, 6.07) is 8.43. The lowest BCUT2D eigenvalue weighted by Crippen LogP contribution is -2.51. The molecule has 8 heteroatoms. The molecule has 1 saturated carbocycles. The van der Waals surface area contributed by atoms with Gasteiger partial charge in [0.15, 0.2) is 5.96 Å². The van der Waals surface area contributed by atoms with Gasteiger partial charge in [0, 0.05) is 31.1 Å². The van der Waals surface area contributed by atoms with E-state index in [0.29, 0.717) is 19.1 Å². The van der Waals surface area contributed by atoms with Gasteiger partial charge in [-0.3, -0.25) is 4.99 Å². The molecule has 1 heterocycles. The average Bonchev–Trinajstić information content (AvgIpc) is 3.23. The van der Waals surface area contributed by atoms with Crippen molar-refractivity contribution in [2.75, 3.05) is 33.3 Å². The summed E-state index contributed by atoms with van der Waals surface area (Å²) in [7, 11) is 1.72. The number of nitrogens with one attached hydrogen (secondary N) is 2. The van der Waals surface area contributed by atoms with Crippen LogP contribution in [0.15, 0.2) is 29.3 Å². The number of rotatable bonds is 6. The molecule has 30 heavy (non-hydrogen) atoms. The van der Waals surface area contributed by atoms with Gasteiger partial charge in [0.2, 0.25) is 0 Å². The molecule has 0 unspecified atom stereocenters. The summed E-state index contributed by atoms with van der Waals surface area (Å²) in [4.78, 5) is 18.0. The van der Waals surface area contributed by atoms with Crippen LogP contribution >= 0.6 is 24.0 Å². The van der Waals surface area contributed by atoms with Crippen molar-refractivity contribution in [3.8, 4) is 5.75 Å². The van der Waals surface area contributed by atoms with Gasteiger partial charge >= 0.3 is 6.03 Å². The molecule has 1 saturated heterocycles. The summed E-state index contributed by atoms with van der Waals surface area (Å²) in [5.41, 5.74) is 6.79. The first-order valence-corrected chi connectivity index (χ1v) is 10.8. The Balaban J connectivity index is 0.00000320. The van der Waals surface area contributed by atoms with Crippen LogP contribution < -0.4 is 21.1 Å². The predicted octanol–water partition coefficient (Wildman–Crippen LogP) is 3.22. The molecule has 2 fully saturated rings. The van der Waals surface area contributed by atoms with Gasteiger partial charge in [-0.1, -0.05) is 25.0 Å². The van der Waals surface area contributed by atoms with Crippen molar-refractivity contribution in [2.45, 2.75) is 56.9 Å². The van der Waals surface area contributed by atoms with Gasteiger partial charge in [0.25, 0.3) is 0 Å². The van der Waals surface area contributed by atoms with Crippen molar-refractivity contribution < 1.29 is 9.53 Å². The lowest BCUT2D eigenvalue weighted by molar-refractivity contribution is 0.188. The number of halogens is 1. The third-order valence-corrected chi connectivity index (χ3v) is 6.27. The number of carbonyl (C=O) groups excluding carboxylic acids is 1. The van der Waals surface area contributed by atoms with Crippen molar-refractivity contribution in [2.24, 2.45) is 10.7 Å². The molecular weight excluding hydrogens is 493 g/mol. The van der Waals surface area contributed by atoms with Gasteiger partial charge in [-0.2, -0.15) is 0 Å². The Morgan fingerprint density at radius 3 is 2.60 bits per heavy atom. The lowest BCUT2D eigenvalue weighted by atomic mass is 9.79. The molecule has 168 valence electrons. The molecule has 0 aromatic heterocycles. The van der Waals surface area contributed by atoms with E-state index in [-0.39, 0.29) is 35.4 Å². The quantitative estimate of drug-likeness (QED) is 0.300. The van der Waals surface area contributed by atoms with E-state index in [4.69, 9.17) is 15.5 Å². The average molecular weight is 529 g/mol. The molecule has 7 nitrogen and oxygen atoms in total. The van der Waals surface area contributed by atoms with Crippen LogP contribution in [0.1, 0.15) is 51.0 Å². The molecule has 1 aromatic rings. The van der Waals surface area contributed by atoms with Gasteiger partial charge < -0.3 is 26.0 Å². The van der Waals surface area contributed by atoms with E-state index in [0.717, 1.165) is 50.5 Å². The molecule has 0 bridgehead atoms. The Morgan fingerprint density at radius 1 is 1.30 bits per heavy atom. The Hall–Kier alpha value is -1.71. The summed E-state index contributed by atoms with van der Waals surface area (Å²) >= 11 is 0. The van der Waals surface area contributed by atoms with E-state index >= 15 is 0 Å². The Labute approximate surface area is 197 Å². The second-order valence-electron chi connectivity index (χ2n) is 8.16. The zero-order valence-corrected chi connectivity index (χ0v) is 20.5. The minimum absolute atomic E-state index is 0. The van der Waals surface area contributed by atoms with Crippen molar-refractivity contribution in [3.05, 3.63) is 29.8 Å². The number of methoxy groups -OCH3 is 1. The number of hydrogen-bond acceptors (Lipinski definition) is 3. The second-order valence-corrected chi connectivity index (χ2v) is 8.16. The molecule has 1 aromatic carbocycles. The molecule has 2 amide bonds. The minimum atomic E-state index is -0.328. The van der Waals surface area contributed by atoms with E-state index in [1.54, 1.807) is 12.0 Å². The third-order valence-electron chi connectivity index (χ3n) is 6.27. The zero-order valence-electron chi connectivity index (χ0n) is 18.2. The number of amides is 2. The molecule has 0 spiro atoms. The highest BCUT2D eigenvalue weighted by molar-refractivity contribution is 14.0. The topological polar surface area (TPSA) is 92.0 Å². The number of guanidine groups is 1. The number of primary amides is 1. The molecule has 4 N–H and O–H groups in total. The standard InChI is InChI=1S/C22H35N5O2.HI/c1-3-24-21(26-18-9-13-27(14-10-18)20(23)28)25-16-22(11-4-5-12-22)17-7-6-8-19(15-17)29-2;/h6-8,15,18H,3-5,9-14,16H2,1-2H3,(H2,23,28)(H2,24,25,26);1H. The lowest BCUT2D eigenvalue weighted by Gasteiger charge is -2.32. The highest BCUT2D eigenvalue weighted by Crippen LogP contribution is 2.42. The Bertz CT molecular complexity index is 713. The maximum absolute atomic E-state index is 11.3. The van der Waals surface area contributed by atoms with E-state index in [1.807, 2.05) is 6.07 Å². The highest BCUT2D eigenvalue weighted by atomic mass is 127. The fraction of sp³-hybridized carbons (Fsp3) is 0.636. The molecule has 1 aliphatic carbocycles. The molecule has 2 aliphatic rings. The molecule has 1 aliphatic heterocycles. The number of nitrogens with two attached hydrogens (primary N) is 1. The van der Waals surface area contributed by atoms with E-state index in [1.165, 1.54) is 18.4 Å². The minimum Gasteiger partial charge on any atom is -0.497 e. The number of likely N-dealkylation sites (tertiary alicyclic amines) is 1. The molecular formula is C22H36IN5O2. The normalized spacial score (nSPS) is 19.1. The number of nitrogens with zero attached hydrogens (tertiary/aromatic N) is 2. The van der Waals surface area contributed by atoms with E-state index in [9.17, 15) is 4.79 Å². The van der Waals surface area contributed by atoms with Gasteiger partial charge in [0.1, 0.15) is 5.75 Å². The van der Waals surface area contributed by atoms with Gasteiger partial charge in [-0.05, 0) is 50.3 Å². The number of carbonyl (C=O) groups is 1. The van der Waals surface area contributed by atoms with E-state index in [2.05, 4.69) is 35.8 Å². The van der Waals surface area contributed by atoms with Gasteiger partial charge in [-0.25, -0.2) is 4.79 Å². The van der Waals surface area contributed by atoms with Gasteiger partial charge in [-0.15, -0.1) is 24.0 Å². The van der Waals surface area contributed by atoms with Crippen LogP contribution in [-0.4, -0.2) is 56.2 Å². The number of piperidine rings is 1. The third kappa shape index (κ3) is 6.15. The fourth-order valence-corrected chi connectivity index (χ4v) is 4.53. The highest BCUT2D eigenvalue weighted by Gasteiger charge is 2.36. The number of benzene rings is 1. The number of hydrogen-bond donors (Lipinski definition) is 3. The molecule has 0 atom stereocenters. The van der Waals surface area contributed by atoms with Crippen molar-refractivity contribution in [1.29, 1.82) is 0 Å². The summed E-state index contributed by atoms with van der Waals surface area (Å²) < 4.78 is 5.45. The summed E-state index contributed by atoms with van der Waals surface area (Å²) in [6.45, 7) is 5.05. The largest absolute Gasteiger partial charge is 0.497 e. The van der Waals surface area contributed by atoms with Crippen LogP contribution in [0.4, 0.5) is 4.79 Å². The maximum Gasteiger partial charge on any atom is 0.314 e. The number of ether oxygens (including phenoxy) is 1. The van der Waals surface area contributed by atoms with Crippen molar-refractivity contribution in [3.63, 3.8) is 0 Å². The van der Waals surface area contributed by atoms with Crippen molar-refractivity contribution >= 4 is 36.0 Å². The first-order valence-electron chi connectivity index (χ1n) is 10.8. The number of urea groups is 1.